The number of hydrogen-bond acceptors (Lipinski definition) is 0. The molecule has 0 unspecified atom stereocenters. The number of benzene rings is 4. The summed E-state index contributed by atoms with van der Waals surface area (Å²) in [5.41, 5.74) is 0.262. The highest BCUT2D eigenvalue weighted by atomic mass is 19.4. The van der Waals surface area contributed by atoms with Crippen molar-refractivity contribution >= 4 is 10.8 Å². The SMILES string of the molecule is CCCCCCCc1ccc(C#Cc2ccc3c(F)c(-c4cc(F)c(C(F)(F)F)c(F)c4)ccc3c2)cc1. The van der Waals surface area contributed by atoms with Crippen LogP contribution in [0, 0.1) is 29.3 Å². The van der Waals surface area contributed by atoms with Gasteiger partial charge in [-0.05, 0) is 65.8 Å². The van der Waals surface area contributed by atoms with Crippen LogP contribution in [0.1, 0.15) is 61.3 Å². The van der Waals surface area contributed by atoms with Crippen molar-refractivity contribution < 1.29 is 26.3 Å². The van der Waals surface area contributed by atoms with E-state index in [-0.39, 0.29) is 16.5 Å². The highest BCUT2D eigenvalue weighted by Crippen LogP contribution is 2.37. The van der Waals surface area contributed by atoms with E-state index in [0.29, 0.717) is 23.1 Å². The van der Waals surface area contributed by atoms with Crippen molar-refractivity contribution in [1.29, 1.82) is 0 Å². The fourth-order valence-electron chi connectivity index (χ4n) is 4.42. The zero-order chi connectivity index (χ0) is 27.3. The van der Waals surface area contributed by atoms with Gasteiger partial charge >= 0.3 is 6.18 Å². The van der Waals surface area contributed by atoms with Crippen LogP contribution in [0.3, 0.4) is 0 Å². The number of halogens is 6. The fraction of sp³-hybridized carbons (Fsp3) is 0.250. The number of unbranched alkanes of at least 4 members (excludes halogenated alkanes) is 4. The summed E-state index contributed by atoms with van der Waals surface area (Å²) in [6.07, 6.45) is 2.02. The zero-order valence-electron chi connectivity index (χ0n) is 20.9. The van der Waals surface area contributed by atoms with Crippen molar-refractivity contribution in [2.24, 2.45) is 0 Å². The van der Waals surface area contributed by atoms with E-state index in [1.165, 1.54) is 49.8 Å². The molecule has 0 aliphatic rings. The predicted octanol–water partition coefficient (Wildman–Crippen LogP) is 9.86. The lowest BCUT2D eigenvalue weighted by Crippen LogP contribution is -2.11. The molecule has 0 heterocycles. The Balaban J connectivity index is 1.52. The Labute approximate surface area is 218 Å². The van der Waals surface area contributed by atoms with E-state index in [4.69, 9.17) is 0 Å². The zero-order valence-corrected chi connectivity index (χ0v) is 20.9. The molecule has 0 nitrogen and oxygen atoms in total. The van der Waals surface area contributed by atoms with E-state index in [2.05, 4.69) is 30.9 Å². The molecule has 4 aromatic rings. The Morgan fingerprint density at radius 2 is 1.32 bits per heavy atom. The van der Waals surface area contributed by atoms with Crippen molar-refractivity contribution in [2.45, 2.75) is 51.6 Å². The van der Waals surface area contributed by atoms with Crippen LogP contribution in [0.4, 0.5) is 26.3 Å². The molecule has 0 aliphatic carbocycles. The van der Waals surface area contributed by atoms with Gasteiger partial charge in [-0.25, -0.2) is 13.2 Å². The first kappa shape index (κ1) is 27.3. The van der Waals surface area contributed by atoms with E-state index in [1.54, 1.807) is 18.2 Å². The topological polar surface area (TPSA) is 0 Å². The third-order valence-electron chi connectivity index (χ3n) is 6.46. The molecule has 0 saturated carbocycles. The van der Waals surface area contributed by atoms with E-state index in [0.717, 1.165) is 12.0 Å². The number of hydrogen-bond donors (Lipinski definition) is 0. The largest absolute Gasteiger partial charge is 0.422 e. The molecular formula is C32H26F6. The molecule has 0 aromatic heterocycles. The van der Waals surface area contributed by atoms with Gasteiger partial charge in [0, 0.05) is 22.1 Å². The summed E-state index contributed by atoms with van der Waals surface area (Å²) in [5.74, 6) is 1.79. The molecule has 38 heavy (non-hydrogen) atoms. The molecule has 0 fully saturated rings. The van der Waals surface area contributed by atoms with Crippen molar-refractivity contribution in [3.05, 3.63) is 106 Å². The van der Waals surface area contributed by atoms with Crippen LogP contribution in [0.2, 0.25) is 0 Å². The van der Waals surface area contributed by atoms with Gasteiger partial charge in [-0.1, -0.05) is 74.8 Å². The van der Waals surface area contributed by atoms with E-state index < -0.39 is 29.2 Å². The molecule has 0 aliphatic heterocycles. The van der Waals surface area contributed by atoms with Gasteiger partial charge in [0.1, 0.15) is 23.0 Å². The average molecular weight is 525 g/mol. The summed E-state index contributed by atoms with van der Waals surface area (Å²) in [4.78, 5) is 0. The minimum absolute atomic E-state index is 0.164. The third kappa shape index (κ3) is 6.39. The van der Waals surface area contributed by atoms with E-state index >= 15 is 4.39 Å². The molecule has 0 saturated heterocycles. The lowest BCUT2D eigenvalue weighted by molar-refractivity contribution is -0.142. The number of aryl methyl sites for hydroxylation is 1. The second-order valence-corrected chi connectivity index (χ2v) is 9.29. The van der Waals surface area contributed by atoms with Gasteiger partial charge in [0.15, 0.2) is 0 Å². The van der Waals surface area contributed by atoms with Crippen molar-refractivity contribution in [3.63, 3.8) is 0 Å². The summed E-state index contributed by atoms with van der Waals surface area (Å²) in [5, 5.41) is 0.668. The van der Waals surface area contributed by atoms with Crippen LogP contribution in [0.15, 0.2) is 66.7 Å². The Hall–Kier alpha value is -3.72. The van der Waals surface area contributed by atoms with Crippen LogP contribution in [0.25, 0.3) is 21.9 Å². The first-order chi connectivity index (χ1) is 18.2. The second kappa shape index (κ2) is 11.8. The molecule has 0 N–H and O–H groups in total. The highest BCUT2D eigenvalue weighted by molar-refractivity contribution is 5.89. The van der Waals surface area contributed by atoms with Gasteiger partial charge in [-0.3, -0.25) is 0 Å². The van der Waals surface area contributed by atoms with Gasteiger partial charge < -0.3 is 0 Å². The van der Waals surface area contributed by atoms with Gasteiger partial charge in [-0.2, -0.15) is 13.2 Å². The van der Waals surface area contributed by atoms with Crippen molar-refractivity contribution in [3.8, 4) is 23.0 Å². The van der Waals surface area contributed by atoms with Crippen LogP contribution < -0.4 is 0 Å². The quantitative estimate of drug-likeness (QED) is 0.128. The normalized spacial score (nSPS) is 11.4. The maximum atomic E-state index is 15.2. The maximum Gasteiger partial charge on any atom is 0.422 e. The Morgan fingerprint density at radius 1 is 0.684 bits per heavy atom. The van der Waals surface area contributed by atoms with Gasteiger partial charge in [0.25, 0.3) is 0 Å². The molecule has 196 valence electrons. The van der Waals surface area contributed by atoms with Crippen molar-refractivity contribution in [2.75, 3.05) is 0 Å². The Morgan fingerprint density at radius 3 is 1.97 bits per heavy atom. The van der Waals surface area contributed by atoms with E-state index in [9.17, 15) is 22.0 Å². The lowest BCUT2D eigenvalue weighted by atomic mass is 9.97. The Kier molecular flexibility index (Phi) is 8.46. The van der Waals surface area contributed by atoms with Crippen LogP contribution in [0.5, 0.6) is 0 Å². The minimum atomic E-state index is -5.19. The standard InChI is InChI=1S/C32H26F6/c1-2-3-4-5-6-7-21-8-10-22(11-9-21)12-13-23-14-16-26-24(18-23)15-17-27(31(26)35)25-19-28(33)30(29(34)20-25)32(36,37)38/h8-11,14-20H,2-7H2,1H3. The van der Waals surface area contributed by atoms with Gasteiger partial charge in [-0.15, -0.1) is 0 Å². The molecule has 0 bridgehead atoms. The molecule has 0 atom stereocenters. The maximum absolute atomic E-state index is 15.2. The lowest BCUT2D eigenvalue weighted by Gasteiger charge is -2.12. The third-order valence-corrected chi connectivity index (χ3v) is 6.46. The summed E-state index contributed by atoms with van der Waals surface area (Å²) in [6, 6.07) is 16.7. The molecule has 6 heteroatoms. The second-order valence-electron chi connectivity index (χ2n) is 9.29. The number of rotatable bonds is 7. The Bertz CT molecular complexity index is 1460. The van der Waals surface area contributed by atoms with Gasteiger partial charge in [0.2, 0.25) is 0 Å². The van der Waals surface area contributed by atoms with Crippen LogP contribution in [-0.2, 0) is 12.6 Å². The summed E-state index contributed by atoms with van der Waals surface area (Å²) >= 11 is 0. The van der Waals surface area contributed by atoms with Gasteiger partial charge in [0.05, 0.1) is 0 Å². The molecule has 0 amide bonds. The molecule has 4 aromatic carbocycles. The van der Waals surface area contributed by atoms with E-state index in [1.807, 2.05) is 12.1 Å². The minimum Gasteiger partial charge on any atom is -0.206 e. The number of alkyl halides is 3. The van der Waals surface area contributed by atoms with Crippen LogP contribution in [-0.4, -0.2) is 0 Å². The predicted molar refractivity (Wildman–Crippen MR) is 139 cm³/mol. The van der Waals surface area contributed by atoms with Crippen LogP contribution >= 0.6 is 0 Å². The monoisotopic (exact) mass is 524 g/mol. The average Bonchev–Trinajstić information content (AvgIpc) is 2.87. The summed E-state index contributed by atoms with van der Waals surface area (Å²) in [6.45, 7) is 2.20. The number of fused-ring (bicyclic) bond motifs is 1. The smallest absolute Gasteiger partial charge is 0.206 e. The highest BCUT2D eigenvalue weighted by Gasteiger charge is 2.38. The first-order valence-electron chi connectivity index (χ1n) is 12.6. The molecule has 0 spiro atoms. The summed E-state index contributed by atoms with van der Waals surface area (Å²) < 4.78 is 81.9. The molecule has 0 radical (unpaired) electrons. The molecular weight excluding hydrogens is 498 g/mol. The summed E-state index contributed by atoms with van der Waals surface area (Å²) in [7, 11) is 0. The first-order valence-corrected chi connectivity index (χ1v) is 12.6. The van der Waals surface area contributed by atoms with Crippen molar-refractivity contribution in [1.82, 2.24) is 0 Å². The fourth-order valence-corrected chi connectivity index (χ4v) is 4.42. The molecule has 4 rings (SSSR count).